The lowest BCUT2D eigenvalue weighted by atomic mass is 10.1. The minimum atomic E-state index is -3.34. The smallest absolute Gasteiger partial charge is 0.274 e. The number of nitrogens with zero attached hydrogens (tertiary/aromatic N) is 2. The second-order valence-corrected chi connectivity index (χ2v) is 11.0. The standard InChI is InChI=1S/C21H22N2O4S2/c1-13(2)29(25,26)17-9-7-15(8-10-17)20(24)23-11-16(12-23)27-21-22-19-14(3)5-4-6-18(19)28-21/h4-10,13,16H,11-12H2,1-3H3. The van der Waals surface area contributed by atoms with Gasteiger partial charge in [0.25, 0.3) is 11.1 Å². The minimum absolute atomic E-state index is 0.0830. The van der Waals surface area contributed by atoms with Crippen molar-refractivity contribution in [1.29, 1.82) is 0 Å². The fourth-order valence-corrected chi connectivity index (χ4v) is 5.20. The molecule has 152 valence electrons. The van der Waals surface area contributed by atoms with Crippen LogP contribution in [0.25, 0.3) is 10.2 Å². The summed E-state index contributed by atoms with van der Waals surface area (Å²) in [6, 6.07) is 12.2. The molecular formula is C21H22N2O4S2. The van der Waals surface area contributed by atoms with Crippen LogP contribution < -0.4 is 4.74 Å². The quantitative estimate of drug-likeness (QED) is 0.617. The van der Waals surface area contributed by atoms with Crippen molar-refractivity contribution in [3.05, 3.63) is 53.6 Å². The van der Waals surface area contributed by atoms with Crippen LogP contribution in [0.4, 0.5) is 0 Å². The van der Waals surface area contributed by atoms with Crippen LogP contribution in [-0.2, 0) is 9.84 Å². The number of benzene rings is 2. The van der Waals surface area contributed by atoms with Gasteiger partial charge in [0.1, 0.15) is 6.10 Å². The molecule has 2 heterocycles. The number of fused-ring (bicyclic) bond motifs is 1. The molecule has 0 N–H and O–H groups in total. The zero-order chi connectivity index (χ0) is 20.8. The molecule has 29 heavy (non-hydrogen) atoms. The summed E-state index contributed by atoms with van der Waals surface area (Å²) in [6.45, 7) is 6.27. The molecule has 0 atom stereocenters. The molecule has 3 aromatic rings. The van der Waals surface area contributed by atoms with Gasteiger partial charge >= 0.3 is 0 Å². The maximum absolute atomic E-state index is 12.6. The number of rotatable bonds is 5. The number of amides is 1. The van der Waals surface area contributed by atoms with Crippen molar-refractivity contribution < 1.29 is 17.9 Å². The highest BCUT2D eigenvalue weighted by Crippen LogP contribution is 2.31. The van der Waals surface area contributed by atoms with E-state index in [4.69, 9.17) is 4.74 Å². The molecule has 6 nitrogen and oxygen atoms in total. The van der Waals surface area contributed by atoms with Gasteiger partial charge < -0.3 is 9.64 Å². The van der Waals surface area contributed by atoms with E-state index in [2.05, 4.69) is 4.98 Å². The second-order valence-electron chi connectivity index (χ2n) is 7.47. The number of likely N-dealkylation sites (tertiary alicyclic amines) is 1. The zero-order valence-electron chi connectivity index (χ0n) is 16.5. The van der Waals surface area contributed by atoms with E-state index >= 15 is 0 Å². The van der Waals surface area contributed by atoms with Gasteiger partial charge in [-0.2, -0.15) is 0 Å². The van der Waals surface area contributed by atoms with Gasteiger partial charge in [-0.1, -0.05) is 23.5 Å². The first-order valence-corrected chi connectivity index (χ1v) is 11.8. The summed E-state index contributed by atoms with van der Waals surface area (Å²) in [6.07, 6.45) is -0.0830. The Labute approximate surface area is 174 Å². The van der Waals surface area contributed by atoms with E-state index < -0.39 is 15.1 Å². The summed E-state index contributed by atoms with van der Waals surface area (Å²) in [7, 11) is -3.34. The SMILES string of the molecule is Cc1cccc2sc(OC3CN(C(=O)c4ccc(S(=O)(=O)C(C)C)cc4)C3)nc12. The van der Waals surface area contributed by atoms with E-state index in [1.165, 1.54) is 23.5 Å². The van der Waals surface area contributed by atoms with Crippen LogP contribution in [0.15, 0.2) is 47.4 Å². The second kappa shape index (κ2) is 7.42. The van der Waals surface area contributed by atoms with Crippen LogP contribution in [0.3, 0.4) is 0 Å². The molecule has 0 unspecified atom stereocenters. The Kier molecular flexibility index (Phi) is 5.08. The van der Waals surface area contributed by atoms with Gasteiger partial charge in [-0.05, 0) is 56.7 Å². The van der Waals surface area contributed by atoms with Crippen molar-refractivity contribution >= 4 is 37.3 Å². The summed E-state index contributed by atoms with van der Waals surface area (Å²) in [5.41, 5.74) is 2.54. The molecule has 0 bridgehead atoms. The van der Waals surface area contributed by atoms with Crippen molar-refractivity contribution in [1.82, 2.24) is 9.88 Å². The first-order valence-electron chi connectivity index (χ1n) is 9.42. The summed E-state index contributed by atoms with van der Waals surface area (Å²) in [5, 5.41) is 0.123. The molecule has 0 aliphatic carbocycles. The average molecular weight is 431 g/mol. The van der Waals surface area contributed by atoms with Gasteiger partial charge in [0.2, 0.25) is 0 Å². The molecule has 2 aromatic carbocycles. The fraction of sp³-hybridized carbons (Fsp3) is 0.333. The van der Waals surface area contributed by atoms with Crippen LogP contribution in [0.5, 0.6) is 5.19 Å². The first-order chi connectivity index (χ1) is 13.8. The molecule has 0 radical (unpaired) electrons. The summed E-state index contributed by atoms with van der Waals surface area (Å²) >= 11 is 1.51. The van der Waals surface area contributed by atoms with Gasteiger partial charge in [0.15, 0.2) is 9.84 Å². The number of hydrogen-bond donors (Lipinski definition) is 0. The predicted molar refractivity (Wildman–Crippen MR) is 113 cm³/mol. The highest BCUT2D eigenvalue weighted by atomic mass is 32.2. The molecule has 1 amide bonds. The number of carbonyl (C=O) groups is 1. The van der Waals surface area contributed by atoms with E-state index in [0.717, 1.165) is 15.8 Å². The van der Waals surface area contributed by atoms with Crippen molar-refractivity contribution in [3.8, 4) is 5.19 Å². The van der Waals surface area contributed by atoms with Gasteiger partial charge in [-0.3, -0.25) is 4.79 Å². The lowest BCUT2D eigenvalue weighted by Crippen LogP contribution is -2.56. The van der Waals surface area contributed by atoms with Crippen LogP contribution in [0, 0.1) is 6.92 Å². The number of thiazole rings is 1. The van der Waals surface area contributed by atoms with Crippen LogP contribution in [0.2, 0.25) is 0 Å². The summed E-state index contributed by atoms with van der Waals surface area (Å²) in [4.78, 5) is 19.1. The Morgan fingerprint density at radius 2 is 1.86 bits per heavy atom. The van der Waals surface area contributed by atoms with Crippen molar-refractivity contribution in [2.75, 3.05) is 13.1 Å². The average Bonchev–Trinajstić information content (AvgIpc) is 3.08. The Bertz CT molecular complexity index is 1160. The van der Waals surface area contributed by atoms with E-state index in [1.54, 1.807) is 30.9 Å². The number of aryl methyl sites for hydroxylation is 1. The van der Waals surface area contributed by atoms with E-state index in [9.17, 15) is 13.2 Å². The Morgan fingerprint density at radius 1 is 1.17 bits per heavy atom. The maximum atomic E-state index is 12.6. The van der Waals surface area contributed by atoms with E-state index in [1.807, 2.05) is 25.1 Å². The van der Waals surface area contributed by atoms with Gasteiger partial charge in [0, 0.05) is 5.56 Å². The van der Waals surface area contributed by atoms with Crippen LogP contribution in [-0.4, -0.2) is 48.7 Å². The summed E-state index contributed by atoms with van der Waals surface area (Å²) < 4.78 is 31.4. The Hall–Kier alpha value is -2.45. The number of carbonyl (C=O) groups excluding carboxylic acids is 1. The molecule has 1 aromatic heterocycles. The predicted octanol–water partition coefficient (Wildman–Crippen LogP) is 3.69. The molecule has 4 rings (SSSR count). The van der Waals surface area contributed by atoms with E-state index in [0.29, 0.717) is 23.8 Å². The largest absolute Gasteiger partial charge is 0.463 e. The number of hydrogen-bond acceptors (Lipinski definition) is 6. The molecule has 1 aliphatic heterocycles. The highest BCUT2D eigenvalue weighted by Gasteiger charge is 2.33. The Morgan fingerprint density at radius 3 is 2.48 bits per heavy atom. The fourth-order valence-electron chi connectivity index (χ4n) is 3.18. The number of para-hydroxylation sites is 1. The number of ether oxygens (including phenoxy) is 1. The summed E-state index contributed by atoms with van der Waals surface area (Å²) in [5.74, 6) is -0.126. The number of aromatic nitrogens is 1. The first kappa shape index (κ1) is 19.8. The van der Waals surface area contributed by atoms with Crippen LogP contribution >= 0.6 is 11.3 Å². The number of sulfone groups is 1. The van der Waals surface area contributed by atoms with Crippen molar-refractivity contribution in [3.63, 3.8) is 0 Å². The molecule has 0 spiro atoms. The zero-order valence-corrected chi connectivity index (χ0v) is 18.1. The topological polar surface area (TPSA) is 76.6 Å². The van der Waals surface area contributed by atoms with Crippen molar-refractivity contribution in [2.24, 2.45) is 0 Å². The third-order valence-corrected chi connectivity index (χ3v) is 8.14. The van der Waals surface area contributed by atoms with Crippen molar-refractivity contribution in [2.45, 2.75) is 37.0 Å². The molecule has 0 saturated carbocycles. The normalized spacial score (nSPS) is 15.0. The third-order valence-electron chi connectivity index (χ3n) is 5.05. The lowest BCUT2D eigenvalue weighted by Gasteiger charge is -2.38. The van der Waals surface area contributed by atoms with Gasteiger partial charge in [-0.25, -0.2) is 13.4 Å². The van der Waals surface area contributed by atoms with Crippen LogP contribution in [0.1, 0.15) is 29.8 Å². The monoisotopic (exact) mass is 430 g/mol. The van der Waals surface area contributed by atoms with Gasteiger partial charge in [0.05, 0.1) is 33.5 Å². The Balaban J connectivity index is 1.38. The molecule has 1 saturated heterocycles. The van der Waals surface area contributed by atoms with Gasteiger partial charge in [-0.15, -0.1) is 0 Å². The third kappa shape index (κ3) is 3.74. The molecule has 1 fully saturated rings. The van der Waals surface area contributed by atoms with E-state index in [-0.39, 0.29) is 16.9 Å². The molecule has 1 aliphatic rings. The maximum Gasteiger partial charge on any atom is 0.274 e. The molecule has 8 heteroatoms. The molecular weight excluding hydrogens is 408 g/mol. The lowest BCUT2D eigenvalue weighted by molar-refractivity contribution is 0.0178. The minimum Gasteiger partial charge on any atom is -0.463 e. The highest BCUT2D eigenvalue weighted by molar-refractivity contribution is 7.92.